The summed E-state index contributed by atoms with van der Waals surface area (Å²) < 4.78 is 0. The second kappa shape index (κ2) is 8.32. The van der Waals surface area contributed by atoms with E-state index in [2.05, 4.69) is 5.32 Å². The van der Waals surface area contributed by atoms with Crippen LogP contribution in [0, 0.1) is 0 Å². The van der Waals surface area contributed by atoms with E-state index in [0.717, 1.165) is 18.4 Å². The number of benzene rings is 1. The molecule has 0 saturated heterocycles. The molecule has 2 atom stereocenters. The minimum atomic E-state index is -1.02. The van der Waals surface area contributed by atoms with E-state index in [-0.39, 0.29) is 0 Å². The third-order valence-electron chi connectivity index (χ3n) is 3.10. The molecule has 0 bridgehead atoms. The van der Waals surface area contributed by atoms with E-state index in [4.69, 9.17) is 10.8 Å². The van der Waals surface area contributed by atoms with Crippen molar-refractivity contribution in [3.63, 3.8) is 0 Å². The molecule has 0 aromatic heterocycles. The first-order chi connectivity index (χ1) is 9.54. The Morgan fingerprint density at radius 3 is 2.50 bits per heavy atom. The number of aliphatic carboxylic acids is 1. The number of carboxylic acid groups (broad SMARTS) is 1. The summed E-state index contributed by atoms with van der Waals surface area (Å²) >= 11 is 0. The molecule has 1 rings (SSSR count). The Balaban J connectivity index is 2.53. The minimum absolute atomic E-state index is 0.396. The lowest BCUT2D eigenvalue weighted by Crippen LogP contribution is -2.49. The van der Waals surface area contributed by atoms with Crippen LogP contribution in [0.3, 0.4) is 0 Å². The van der Waals surface area contributed by atoms with E-state index < -0.39 is 24.0 Å². The molecule has 0 fully saturated rings. The maximum atomic E-state index is 11.9. The Hall–Kier alpha value is -1.88. The van der Waals surface area contributed by atoms with Crippen molar-refractivity contribution >= 4 is 11.9 Å². The van der Waals surface area contributed by atoms with E-state index in [1.54, 1.807) is 0 Å². The number of rotatable bonds is 8. The molecule has 5 nitrogen and oxygen atoms in total. The largest absolute Gasteiger partial charge is 0.480 e. The SMILES string of the molecule is CCCCC(NC(=O)[C@H](N)Cc1ccccc1)C(=O)O. The molecule has 110 valence electrons. The molecule has 0 radical (unpaired) electrons. The molecular weight excluding hydrogens is 256 g/mol. The van der Waals surface area contributed by atoms with Gasteiger partial charge in [-0.3, -0.25) is 4.79 Å². The average molecular weight is 278 g/mol. The number of carbonyl (C=O) groups is 2. The van der Waals surface area contributed by atoms with Crippen molar-refractivity contribution in [2.24, 2.45) is 5.73 Å². The van der Waals surface area contributed by atoms with Gasteiger partial charge in [0, 0.05) is 0 Å². The molecule has 1 amide bonds. The van der Waals surface area contributed by atoms with Gasteiger partial charge in [0.15, 0.2) is 0 Å². The smallest absolute Gasteiger partial charge is 0.326 e. The lowest BCUT2D eigenvalue weighted by atomic mass is 10.0. The van der Waals surface area contributed by atoms with Gasteiger partial charge in [0.25, 0.3) is 0 Å². The Bertz CT molecular complexity index is 434. The van der Waals surface area contributed by atoms with Gasteiger partial charge in [0.2, 0.25) is 5.91 Å². The summed E-state index contributed by atoms with van der Waals surface area (Å²) in [6.45, 7) is 1.97. The minimum Gasteiger partial charge on any atom is -0.480 e. The Kier molecular flexibility index (Phi) is 6.73. The van der Waals surface area contributed by atoms with E-state index in [9.17, 15) is 9.59 Å². The van der Waals surface area contributed by atoms with E-state index >= 15 is 0 Å². The highest BCUT2D eigenvalue weighted by Crippen LogP contribution is 2.04. The van der Waals surface area contributed by atoms with Gasteiger partial charge in [-0.25, -0.2) is 4.79 Å². The molecule has 0 heterocycles. The summed E-state index contributed by atoms with van der Waals surface area (Å²) in [6.07, 6.45) is 2.46. The fourth-order valence-electron chi connectivity index (χ4n) is 1.91. The molecule has 0 spiro atoms. The lowest BCUT2D eigenvalue weighted by molar-refractivity contribution is -0.142. The van der Waals surface area contributed by atoms with Gasteiger partial charge in [-0.15, -0.1) is 0 Å². The monoisotopic (exact) mass is 278 g/mol. The van der Waals surface area contributed by atoms with Crippen LogP contribution in [-0.4, -0.2) is 29.1 Å². The van der Waals surface area contributed by atoms with Crippen LogP contribution in [0.4, 0.5) is 0 Å². The zero-order chi connectivity index (χ0) is 15.0. The number of hydrogen-bond acceptors (Lipinski definition) is 3. The fourth-order valence-corrected chi connectivity index (χ4v) is 1.91. The van der Waals surface area contributed by atoms with Gasteiger partial charge < -0.3 is 16.2 Å². The number of nitrogens with two attached hydrogens (primary N) is 1. The topological polar surface area (TPSA) is 92.4 Å². The predicted molar refractivity (Wildman–Crippen MR) is 77.2 cm³/mol. The first-order valence-corrected chi connectivity index (χ1v) is 6.87. The molecule has 20 heavy (non-hydrogen) atoms. The highest BCUT2D eigenvalue weighted by Gasteiger charge is 2.22. The number of unbranched alkanes of at least 4 members (excludes halogenated alkanes) is 1. The van der Waals surface area contributed by atoms with Crippen molar-refractivity contribution in [2.75, 3.05) is 0 Å². The van der Waals surface area contributed by atoms with Crippen LogP contribution in [0.15, 0.2) is 30.3 Å². The number of nitrogens with one attached hydrogen (secondary N) is 1. The molecular formula is C15H22N2O3. The van der Waals surface area contributed by atoms with Crippen molar-refractivity contribution in [1.82, 2.24) is 5.32 Å². The van der Waals surface area contributed by atoms with Gasteiger partial charge in [0.05, 0.1) is 6.04 Å². The van der Waals surface area contributed by atoms with Crippen molar-refractivity contribution in [2.45, 2.75) is 44.7 Å². The molecule has 1 unspecified atom stereocenters. The molecule has 0 aliphatic rings. The second-order valence-corrected chi connectivity index (χ2v) is 4.84. The Labute approximate surface area is 119 Å². The zero-order valence-electron chi connectivity index (χ0n) is 11.7. The normalized spacial score (nSPS) is 13.5. The van der Waals surface area contributed by atoms with E-state index in [0.29, 0.717) is 12.8 Å². The average Bonchev–Trinajstić information content (AvgIpc) is 2.43. The number of carboxylic acids is 1. The maximum Gasteiger partial charge on any atom is 0.326 e. The summed E-state index contributed by atoms with van der Waals surface area (Å²) in [6, 6.07) is 7.82. The highest BCUT2D eigenvalue weighted by atomic mass is 16.4. The van der Waals surface area contributed by atoms with Gasteiger partial charge >= 0.3 is 5.97 Å². The summed E-state index contributed by atoms with van der Waals surface area (Å²) in [7, 11) is 0. The third kappa shape index (κ3) is 5.40. The van der Waals surface area contributed by atoms with Crippen LogP contribution in [0.5, 0.6) is 0 Å². The molecule has 0 aliphatic heterocycles. The summed E-state index contributed by atoms with van der Waals surface area (Å²) in [5, 5.41) is 11.6. The molecule has 4 N–H and O–H groups in total. The van der Waals surface area contributed by atoms with Crippen LogP contribution < -0.4 is 11.1 Å². The van der Waals surface area contributed by atoms with Crippen molar-refractivity contribution in [3.05, 3.63) is 35.9 Å². The number of amides is 1. The first-order valence-electron chi connectivity index (χ1n) is 6.87. The predicted octanol–water partition coefficient (Wildman–Crippen LogP) is 1.32. The molecule has 1 aromatic rings. The Morgan fingerprint density at radius 1 is 1.30 bits per heavy atom. The Morgan fingerprint density at radius 2 is 1.95 bits per heavy atom. The van der Waals surface area contributed by atoms with Gasteiger partial charge in [-0.1, -0.05) is 50.1 Å². The van der Waals surface area contributed by atoms with Crippen molar-refractivity contribution in [1.29, 1.82) is 0 Å². The lowest BCUT2D eigenvalue weighted by Gasteiger charge is -2.17. The maximum absolute atomic E-state index is 11.9. The van der Waals surface area contributed by atoms with Crippen LogP contribution in [0.25, 0.3) is 0 Å². The van der Waals surface area contributed by atoms with Gasteiger partial charge in [0.1, 0.15) is 6.04 Å². The molecule has 0 saturated carbocycles. The van der Waals surface area contributed by atoms with Gasteiger partial charge in [-0.05, 0) is 18.4 Å². The fraction of sp³-hybridized carbons (Fsp3) is 0.467. The highest BCUT2D eigenvalue weighted by molar-refractivity contribution is 5.86. The second-order valence-electron chi connectivity index (χ2n) is 4.84. The molecule has 5 heteroatoms. The van der Waals surface area contributed by atoms with E-state index in [1.165, 1.54) is 0 Å². The van der Waals surface area contributed by atoms with Crippen LogP contribution in [0.2, 0.25) is 0 Å². The summed E-state index contributed by atoms with van der Waals surface area (Å²) in [5.41, 5.74) is 6.78. The molecule has 0 aliphatic carbocycles. The zero-order valence-corrected chi connectivity index (χ0v) is 11.7. The number of carbonyl (C=O) groups excluding carboxylic acids is 1. The van der Waals surface area contributed by atoms with Crippen molar-refractivity contribution in [3.8, 4) is 0 Å². The molecule has 1 aromatic carbocycles. The summed E-state index contributed by atoms with van der Waals surface area (Å²) in [5.74, 6) is -1.43. The standard InChI is InChI=1S/C15H22N2O3/c1-2-3-9-13(15(19)20)17-14(18)12(16)10-11-7-5-4-6-8-11/h4-8,12-13H,2-3,9-10,16H2,1H3,(H,17,18)(H,19,20)/t12-,13?/m1/s1. The summed E-state index contributed by atoms with van der Waals surface area (Å²) in [4.78, 5) is 23.0. The van der Waals surface area contributed by atoms with Crippen LogP contribution in [-0.2, 0) is 16.0 Å². The van der Waals surface area contributed by atoms with Crippen LogP contribution >= 0.6 is 0 Å². The van der Waals surface area contributed by atoms with E-state index in [1.807, 2.05) is 37.3 Å². The third-order valence-corrected chi connectivity index (χ3v) is 3.10. The van der Waals surface area contributed by atoms with Crippen molar-refractivity contribution < 1.29 is 14.7 Å². The quantitative estimate of drug-likeness (QED) is 0.668. The first kappa shape index (κ1) is 16.2. The van der Waals surface area contributed by atoms with Gasteiger partial charge in [-0.2, -0.15) is 0 Å². The van der Waals surface area contributed by atoms with Crippen LogP contribution in [0.1, 0.15) is 31.7 Å². The number of hydrogen-bond donors (Lipinski definition) is 3.